The molecule has 2 aromatic carbocycles. The molecule has 6 nitrogen and oxygen atoms in total. The van der Waals surface area contributed by atoms with Crippen LogP contribution in [0.2, 0.25) is 0 Å². The van der Waals surface area contributed by atoms with Crippen LogP contribution in [0.15, 0.2) is 65.3 Å². The van der Waals surface area contributed by atoms with Crippen LogP contribution in [0.1, 0.15) is 27.5 Å². The van der Waals surface area contributed by atoms with Crippen LogP contribution >= 0.6 is 0 Å². The van der Waals surface area contributed by atoms with Crippen LogP contribution in [-0.2, 0) is 19.6 Å². The van der Waals surface area contributed by atoms with Crippen LogP contribution < -0.4 is 5.32 Å². The van der Waals surface area contributed by atoms with E-state index in [9.17, 15) is 9.18 Å². The molecule has 0 aliphatic carbocycles. The lowest BCUT2D eigenvalue weighted by Crippen LogP contribution is -2.45. The van der Waals surface area contributed by atoms with Crippen LogP contribution in [0.25, 0.3) is 0 Å². The van der Waals surface area contributed by atoms with E-state index in [4.69, 9.17) is 4.42 Å². The molecule has 0 bridgehead atoms. The largest absolute Gasteiger partial charge is 0.447 e. The molecule has 0 spiro atoms. The van der Waals surface area contributed by atoms with Crippen molar-refractivity contribution in [1.82, 2.24) is 20.1 Å². The maximum absolute atomic E-state index is 13.7. The van der Waals surface area contributed by atoms with Crippen molar-refractivity contribution < 1.29 is 13.6 Å². The summed E-state index contributed by atoms with van der Waals surface area (Å²) < 4.78 is 19.1. The lowest BCUT2D eigenvalue weighted by molar-refractivity contribution is 0.0945. The van der Waals surface area contributed by atoms with E-state index in [0.717, 1.165) is 32.7 Å². The molecule has 0 atom stereocenters. The summed E-state index contributed by atoms with van der Waals surface area (Å²) >= 11 is 0. The Morgan fingerprint density at radius 3 is 2.37 bits per heavy atom. The van der Waals surface area contributed by atoms with Crippen LogP contribution in [0, 0.1) is 5.82 Å². The van der Waals surface area contributed by atoms with Crippen LogP contribution in [0.4, 0.5) is 4.39 Å². The summed E-state index contributed by atoms with van der Waals surface area (Å²) in [4.78, 5) is 21.3. The molecule has 0 saturated carbocycles. The normalized spacial score (nSPS) is 15.2. The van der Waals surface area contributed by atoms with Gasteiger partial charge in [0.15, 0.2) is 5.69 Å². The molecule has 0 radical (unpaired) electrons. The fraction of sp³-hybridized carbons (Fsp3) is 0.304. The number of hydrogen-bond acceptors (Lipinski definition) is 5. The van der Waals surface area contributed by atoms with Crippen molar-refractivity contribution in [2.45, 2.75) is 19.6 Å². The van der Waals surface area contributed by atoms with Gasteiger partial charge in [0, 0.05) is 44.8 Å². The highest BCUT2D eigenvalue weighted by atomic mass is 19.1. The van der Waals surface area contributed by atoms with Crippen molar-refractivity contribution in [3.8, 4) is 0 Å². The molecule has 1 amide bonds. The van der Waals surface area contributed by atoms with E-state index in [1.54, 1.807) is 18.2 Å². The highest BCUT2D eigenvalue weighted by molar-refractivity contribution is 5.91. The molecule has 1 saturated heterocycles. The van der Waals surface area contributed by atoms with E-state index in [-0.39, 0.29) is 24.0 Å². The van der Waals surface area contributed by atoms with Gasteiger partial charge in [-0.15, -0.1) is 0 Å². The number of halogens is 1. The molecule has 1 fully saturated rings. The molecular formula is C23H25FN4O2. The van der Waals surface area contributed by atoms with Gasteiger partial charge in [0.05, 0.1) is 6.54 Å². The van der Waals surface area contributed by atoms with Crippen molar-refractivity contribution >= 4 is 5.91 Å². The van der Waals surface area contributed by atoms with Gasteiger partial charge in [-0.3, -0.25) is 14.6 Å². The van der Waals surface area contributed by atoms with E-state index in [1.165, 1.54) is 17.9 Å². The van der Waals surface area contributed by atoms with Gasteiger partial charge in [0.2, 0.25) is 5.89 Å². The van der Waals surface area contributed by atoms with Crippen molar-refractivity contribution in [1.29, 1.82) is 0 Å². The Balaban J connectivity index is 1.24. The first kappa shape index (κ1) is 20.3. The molecule has 7 heteroatoms. The average Bonchev–Trinajstić information content (AvgIpc) is 3.24. The molecule has 3 aromatic rings. The quantitative estimate of drug-likeness (QED) is 0.651. The maximum Gasteiger partial charge on any atom is 0.273 e. The Morgan fingerprint density at radius 1 is 0.967 bits per heavy atom. The average molecular weight is 408 g/mol. The Bertz CT molecular complexity index is 968. The summed E-state index contributed by atoms with van der Waals surface area (Å²) in [5.74, 6) is -0.200. The van der Waals surface area contributed by atoms with E-state index in [2.05, 4.69) is 44.4 Å². The third-order valence-electron chi connectivity index (χ3n) is 5.25. The van der Waals surface area contributed by atoms with Crippen LogP contribution in [0.5, 0.6) is 0 Å². The first-order valence-corrected chi connectivity index (χ1v) is 10.1. The highest BCUT2D eigenvalue weighted by Crippen LogP contribution is 2.12. The second kappa shape index (κ2) is 9.65. The van der Waals surface area contributed by atoms with Gasteiger partial charge in [-0.2, -0.15) is 0 Å². The number of nitrogens with one attached hydrogen (secondary N) is 1. The molecule has 1 aromatic heterocycles. The first-order chi connectivity index (χ1) is 14.7. The minimum absolute atomic E-state index is 0.108. The lowest BCUT2D eigenvalue weighted by Gasteiger charge is -2.34. The molecule has 2 heterocycles. The Hall–Kier alpha value is -3.03. The summed E-state index contributed by atoms with van der Waals surface area (Å²) in [7, 11) is 0. The number of oxazole rings is 1. The zero-order valence-electron chi connectivity index (χ0n) is 16.8. The fourth-order valence-corrected chi connectivity index (χ4v) is 3.53. The van der Waals surface area contributed by atoms with Crippen molar-refractivity contribution in [2.24, 2.45) is 0 Å². The first-order valence-electron chi connectivity index (χ1n) is 10.1. The van der Waals surface area contributed by atoms with Gasteiger partial charge in [0.25, 0.3) is 5.91 Å². The zero-order chi connectivity index (χ0) is 20.8. The predicted molar refractivity (Wildman–Crippen MR) is 111 cm³/mol. The van der Waals surface area contributed by atoms with Gasteiger partial charge in [-0.1, -0.05) is 48.5 Å². The molecule has 156 valence electrons. The Labute approximate surface area is 175 Å². The van der Waals surface area contributed by atoms with Crippen molar-refractivity contribution in [3.63, 3.8) is 0 Å². The molecule has 1 aliphatic rings. The van der Waals surface area contributed by atoms with Gasteiger partial charge >= 0.3 is 0 Å². The minimum atomic E-state index is -0.374. The van der Waals surface area contributed by atoms with Crippen LogP contribution in [-0.4, -0.2) is 46.9 Å². The summed E-state index contributed by atoms with van der Waals surface area (Å²) in [6.07, 6.45) is 1.36. The van der Waals surface area contributed by atoms with Gasteiger partial charge in [0.1, 0.15) is 12.1 Å². The minimum Gasteiger partial charge on any atom is -0.447 e. The summed E-state index contributed by atoms with van der Waals surface area (Å²) in [5.41, 5.74) is 1.97. The zero-order valence-corrected chi connectivity index (χ0v) is 16.8. The second-order valence-corrected chi connectivity index (χ2v) is 7.44. The van der Waals surface area contributed by atoms with E-state index < -0.39 is 0 Å². The van der Waals surface area contributed by atoms with Gasteiger partial charge in [-0.05, 0) is 11.6 Å². The summed E-state index contributed by atoms with van der Waals surface area (Å²) in [5, 5.41) is 2.68. The number of hydrogen-bond donors (Lipinski definition) is 1. The SMILES string of the molecule is O=C(NCc1ccccc1F)c1coc(CN2CCN(Cc3ccccc3)CC2)n1. The maximum atomic E-state index is 13.7. The molecule has 4 rings (SSSR count). The molecule has 0 unspecified atom stereocenters. The molecular weight excluding hydrogens is 383 g/mol. The molecule has 30 heavy (non-hydrogen) atoms. The number of benzene rings is 2. The Kier molecular flexibility index (Phi) is 6.51. The highest BCUT2D eigenvalue weighted by Gasteiger charge is 2.20. The lowest BCUT2D eigenvalue weighted by atomic mass is 10.2. The predicted octanol–water partition coefficient (Wildman–Crippen LogP) is 3.06. The number of carbonyl (C=O) groups excluding carboxylic acids is 1. The van der Waals surface area contributed by atoms with E-state index >= 15 is 0 Å². The number of nitrogens with zero attached hydrogens (tertiary/aromatic N) is 3. The topological polar surface area (TPSA) is 61.6 Å². The number of rotatable bonds is 7. The van der Waals surface area contributed by atoms with Crippen molar-refractivity contribution in [2.75, 3.05) is 26.2 Å². The standard InChI is InChI=1S/C23H25FN4O2/c24-20-9-5-4-8-19(20)14-25-23(29)21-17-30-22(26-21)16-28-12-10-27(11-13-28)15-18-6-2-1-3-7-18/h1-9,17H,10-16H2,(H,25,29). The second-order valence-electron chi connectivity index (χ2n) is 7.44. The number of carbonyl (C=O) groups is 1. The molecule has 1 N–H and O–H groups in total. The van der Waals surface area contributed by atoms with Crippen LogP contribution in [0.3, 0.4) is 0 Å². The fourth-order valence-electron chi connectivity index (χ4n) is 3.53. The summed E-state index contributed by atoms with van der Waals surface area (Å²) in [6.45, 7) is 5.43. The van der Waals surface area contributed by atoms with Gasteiger partial charge < -0.3 is 9.73 Å². The number of aromatic nitrogens is 1. The Morgan fingerprint density at radius 2 is 1.63 bits per heavy atom. The van der Waals surface area contributed by atoms with E-state index in [0.29, 0.717) is 18.0 Å². The van der Waals surface area contributed by atoms with Crippen molar-refractivity contribution in [3.05, 3.63) is 89.4 Å². The third-order valence-corrected chi connectivity index (χ3v) is 5.25. The summed E-state index contributed by atoms with van der Waals surface area (Å²) in [6, 6.07) is 16.8. The van der Waals surface area contributed by atoms with Gasteiger partial charge in [-0.25, -0.2) is 9.37 Å². The number of amides is 1. The number of piperazine rings is 1. The third kappa shape index (κ3) is 5.31. The molecule has 1 aliphatic heterocycles. The monoisotopic (exact) mass is 408 g/mol. The smallest absolute Gasteiger partial charge is 0.273 e. The van der Waals surface area contributed by atoms with E-state index in [1.807, 2.05) is 6.07 Å².